The van der Waals surface area contributed by atoms with Crippen molar-refractivity contribution >= 4 is 39.2 Å². The highest BCUT2D eigenvalue weighted by atomic mass is 79.9. The minimum Gasteiger partial charge on any atom is -0.324 e. The standard InChI is InChI=1S/C21H24BrFN4O2/c1-13-3-5-17(23)11-18(13)25-20(28)14(2)27-9-7-15(8-10-27)21(29)26-19-6-4-16(22)12-24-19/h3-6,11-12,14-15H,7-10H2,1-2H3,(H,25,28)(H,24,26,29). The second-order valence-corrected chi connectivity index (χ2v) is 8.20. The molecule has 2 heterocycles. The maximum atomic E-state index is 13.4. The van der Waals surface area contributed by atoms with E-state index < -0.39 is 0 Å². The second kappa shape index (κ2) is 9.45. The minimum absolute atomic E-state index is 0.0491. The highest BCUT2D eigenvalue weighted by Crippen LogP contribution is 2.22. The number of nitrogens with one attached hydrogen (secondary N) is 2. The molecule has 0 aliphatic carbocycles. The Balaban J connectivity index is 1.51. The lowest BCUT2D eigenvalue weighted by atomic mass is 9.95. The number of carbonyl (C=O) groups is 2. The van der Waals surface area contributed by atoms with Crippen LogP contribution in [0.25, 0.3) is 0 Å². The first-order chi connectivity index (χ1) is 13.8. The molecule has 2 amide bonds. The number of likely N-dealkylation sites (tertiary alicyclic amines) is 1. The summed E-state index contributed by atoms with van der Waals surface area (Å²) < 4.78 is 14.3. The SMILES string of the molecule is Cc1ccc(F)cc1NC(=O)C(C)N1CCC(C(=O)Nc2ccc(Br)cn2)CC1. The van der Waals surface area contributed by atoms with Crippen LogP contribution in [0.15, 0.2) is 41.0 Å². The summed E-state index contributed by atoms with van der Waals surface area (Å²) >= 11 is 3.32. The zero-order valence-electron chi connectivity index (χ0n) is 16.4. The van der Waals surface area contributed by atoms with Crippen LogP contribution in [0.1, 0.15) is 25.3 Å². The van der Waals surface area contributed by atoms with Gasteiger partial charge in [0, 0.05) is 22.3 Å². The Morgan fingerprint density at radius 1 is 1.21 bits per heavy atom. The molecule has 3 rings (SSSR count). The first-order valence-electron chi connectivity index (χ1n) is 9.57. The highest BCUT2D eigenvalue weighted by Gasteiger charge is 2.30. The van der Waals surface area contributed by atoms with Gasteiger partial charge in [0.05, 0.1) is 6.04 Å². The van der Waals surface area contributed by atoms with Crippen molar-refractivity contribution in [2.24, 2.45) is 5.92 Å². The molecule has 1 aliphatic rings. The third-order valence-electron chi connectivity index (χ3n) is 5.26. The van der Waals surface area contributed by atoms with Gasteiger partial charge in [0.2, 0.25) is 11.8 Å². The maximum absolute atomic E-state index is 13.4. The summed E-state index contributed by atoms with van der Waals surface area (Å²) in [7, 11) is 0. The number of nitrogens with zero attached hydrogens (tertiary/aromatic N) is 2. The average Bonchev–Trinajstić information content (AvgIpc) is 2.72. The van der Waals surface area contributed by atoms with Crippen LogP contribution in [0.5, 0.6) is 0 Å². The van der Waals surface area contributed by atoms with Crippen LogP contribution >= 0.6 is 15.9 Å². The Bertz CT molecular complexity index is 883. The van der Waals surface area contributed by atoms with Gasteiger partial charge in [0.1, 0.15) is 11.6 Å². The number of carbonyl (C=O) groups excluding carboxylic acids is 2. The van der Waals surface area contributed by atoms with Crippen LogP contribution in [0.2, 0.25) is 0 Å². The summed E-state index contributed by atoms with van der Waals surface area (Å²) in [6.45, 7) is 4.94. The lowest BCUT2D eigenvalue weighted by Crippen LogP contribution is -2.47. The molecule has 1 atom stereocenters. The van der Waals surface area contributed by atoms with Gasteiger partial charge in [-0.05, 0) is 85.5 Å². The molecule has 2 N–H and O–H groups in total. The molecule has 1 aliphatic heterocycles. The number of benzene rings is 1. The van der Waals surface area contributed by atoms with E-state index in [9.17, 15) is 14.0 Å². The number of aromatic nitrogens is 1. The van der Waals surface area contributed by atoms with Crippen molar-refractivity contribution < 1.29 is 14.0 Å². The molecule has 1 fully saturated rings. The van der Waals surface area contributed by atoms with Gasteiger partial charge >= 0.3 is 0 Å². The third-order valence-corrected chi connectivity index (χ3v) is 5.73. The fourth-order valence-corrected chi connectivity index (χ4v) is 3.59. The van der Waals surface area contributed by atoms with Gasteiger partial charge in [0.15, 0.2) is 0 Å². The molecule has 29 heavy (non-hydrogen) atoms. The number of rotatable bonds is 5. The molecule has 1 unspecified atom stereocenters. The van der Waals surface area contributed by atoms with Crippen molar-refractivity contribution in [2.45, 2.75) is 32.7 Å². The van der Waals surface area contributed by atoms with Gasteiger partial charge in [-0.25, -0.2) is 9.37 Å². The predicted molar refractivity (Wildman–Crippen MR) is 114 cm³/mol. The number of hydrogen-bond acceptors (Lipinski definition) is 4. The molecule has 1 aromatic carbocycles. The van der Waals surface area contributed by atoms with Crippen molar-refractivity contribution in [3.05, 3.63) is 52.4 Å². The zero-order chi connectivity index (χ0) is 21.0. The van der Waals surface area contributed by atoms with Crippen molar-refractivity contribution in [3.8, 4) is 0 Å². The van der Waals surface area contributed by atoms with Gasteiger partial charge in [-0.15, -0.1) is 0 Å². The fraction of sp³-hybridized carbons (Fsp3) is 0.381. The van der Waals surface area contributed by atoms with Gasteiger partial charge in [-0.3, -0.25) is 14.5 Å². The molecule has 0 spiro atoms. The Labute approximate surface area is 178 Å². The number of anilines is 2. The minimum atomic E-state index is -0.384. The molecule has 1 saturated heterocycles. The predicted octanol–water partition coefficient (Wildman–Crippen LogP) is 3.97. The first kappa shape index (κ1) is 21.4. The van der Waals surface area contributed by atoms with Gasteiger partial charge in [-0.1, -0.05) is 6.07 Å². The molecule has 8 heteroatoms. The molecule has 0 saturated carbocycles. The molecule has 2 aromatic rings. The number of halogens is 2. The van der Waals surface area contributed by atoms with Crippen LogP contribution in [0.3, 0.4) is 0 Å². The lowest BCUT2D eigenvalue weighted by molar-refractivity contribution is -0.123. The van der Waals surface area contributed by atoms with Crippen LogP contribution in [0, 0.1) is 18.7 Å². The number of amides is 2. The van der Waals surface area contributed by atoms with Crippen LogP contribution in [0.4, 0.5) is 15.9 Å². The first-order valence-corrected chi connectivity index (χ1v) is 10.4. The molecule has 0 bridgehead atoms. The quantitative estimate of drug-likeness (QED) is 0.704. The van der Waals surface area contributed by atoms with Crippen molar-refractivity contribution in [1.29, 1.82) is 0 Å². The molecular formula is C21H24BrFN4O2. The second-order valence-electron chi connectivity index (χ2n) is 7.29. The molecule has 1 aromatic heterocycles. The largest absolute Gasteiger partial charge is 0.324 e. The summed E-state index contributed by atoms with van der Waals surface area (Å²) in [5, 5.41) is 5.65. The summed E-state index contributed by atoms with van der Waals surface area (Å²) in [4.78, 5) is 31.3. The number of hydrogen-bond donors (Lipinski definition) is 2. The van der Waals surface area contributed by atoms with Crippen LogP contribution in [-0.4, -0.2) is 40.8 Å². The Morgan fingerprint density at radius 3 is 2.59 bits per heavy atom. The molecule has 154 valence electrons. The molecule has 0 radical (unpaired) electrons. The van der Waals surface area contributed by atoms with E-state index in [1.165, 1.54) is 12.1 Å². The Kier molecular flexibility index (Phi) is 6.97. The topological polar surface area (TPSA) is 74.3 Å². The van der Waals surface area contributed by atoms with E-state index in [1.54, 1.807) is 18.3 Å². The third kappa shape index (κ3) is 5.61. The van der Waals surface area contributed by atoms with Gasteiger partial charge in [-0.2, -0.15) is 0 Å². The summed E-state index contributed by atoms with van der Waals surface area (Å²) in [6, 6.07) is 7.54. The number of piperidine rings is 1. The Hall–Kier alpha value is -2.32. The van der Waals surface area contributed by atoms with Gasteiger partial charge < -0.3 is 10.6 Å². The van der Waals surface area contributed by atoms with Crippen molar-refractivity contribution in [1.82, 2.24) is 9.88 Å². The van der Waals surface area contributed by atoms with Crippen molar-refractivity contribution in [3.63, 3.8) is 0 Å². The number of pyridine rings is 1. The monoisotopic (exact) mass is 462 g/mol. The maximum Gasteiger partial charge on any atom is 0.241 e. The highest BCUT2D eigenvalue weighted by molar-refractivity contribution is 9.10. The van der Waals surface area contributed by atoms with E-state index in [1.807, 2.05) is 24.8 Å². The summed E-state index contributed by atoms with van der Waals surface area (Å²) in [6.07, 6.45) is 2.97. The average molecular weight is 463 g/mol. The van der Waals surface area contributed by atoms with E-state index in [-0.39, 0.29) is 29.6 Å². The summed E-state index contributed by atoms with van der Waals surface area (Å²) in [5.41, 5.74) is 1.29. The van der Waals surface area contributed by atoms with Crippen molar-refractivity contribution in [2.75, 3.05) is 23.7 Å². The summed E-state index contributed by atoms with van der Waals surface area (Å²) in [5.74, 6) is -0.200. The number of aryl methyl sites for hydroxylation is 1. The normalized spacial score (nSPS) is 16.3. The van der Waals surface area contributed by atoms with E-state index >= 15 is 0 Å². The van der Waals surface area contributed by atoms with Crippen LogP contribution in [-0.2, 0) is 9.59 Å². The smallest absolute Gasteiger partial charge is 0.241 e. The lowest BCUT2D eigenvalue weighted by Gasteiger charge is -2.34. The van der Waals surface area contributed by atoms with E-state index in [0.29, 0.717) is 37.4 Å². The molecular weight excluding hydrogens is 439 g/mol. The van der Waals surface area contributed by atoms with Crippen LogP contribution < -0.4 is 10.6 Å². The zero-order valence-corrected chi connectivity index (χ0v) is 18.0. The Morgan fingerprint density at radius 2 is 1.93 bits per heavy atom. The van der Waals surface area contributed by atoms with Gasteiger partial charge in [0.25, 0.3) is 0 Å². The molecule has 6 nitrogen and oxygen atoms in total. The van der Waals surface area contributed by atoms with E-state index in [0.717, 1.165) is 10.0 Å². The van der Waals surface area contributed by atoms with E-state index in [4.69, 9.17) is 0 Å². The fourth-order valence-electron chi connectivity index (χ4n) is 3.36. The van der Waals surface area contributed by atoms with E-state index in [2.05, 4.69) is 31.5 Å².